The van der Waals surface area contributed by atoms with Crippen LogP contribution in [0.25, 0.3) is 21.9 Å². The van der Waals surface area contributed by atoms with E-state index in [1.807, 2.05) is 18.2 Å². The van der Waals surface area contributed by atoms with Crippen LogP contribution in [0.4, 0.5) is 5.82 Å². The Kier molecular flexibility index (Phi) is 2.59. The molecule has 5 nitrogen and oxygen atoms in total. The highest BCUT2D eigenvalue weighted by atomic mass is 16.5. The second-order valence-corrected chi connectivity index (χ2v) is 4.21. The van der Waals surface area contributed by atoms with E-state index in [0.717, 1.165) is 16.3 Å². The Morgan fingerprint density at radius 3 is 3.00 bits per heavy atom. The van der Waals surface area contributed by atoms with Crippen molar-refractivity contribution in [2.45, 2.75) is 6.92 Å². The maximum absolute atomic E-state index is 12.0. The molecule has 1 aromatic carbocycles. The number of fused-ring (bicyclic) bond motifs is 3. The van der Waals surface area contributed by atoms with Gasteiger partial charge in [0.15, 0.2) is 0 Å². The van der Waals surface area contributed by atoms with Crippen LogP contribution in [0.2, 0.25) is 0 Å². The number of nitrogens with one attached hydrogen (secondary N) is 1. The van der Waals surface area contributed by atoms with Crippen LogP contribution in [0.15, 0.2) is 30.3 Å². The number of aromatic nitrogens is 2. The van der Waals surface area contributed by atoms with Crippen molar-refractivity contribution in [2.75, 3.05) is 12.3 Å². The van der Waals surface area contributed by atoms with E-state index in [0.29, 0.717) is 23.6 Å². The van der Waals surface area contributed by atoms with Gasteiger partial charge in [0.1, 0.15) is 11.5 Å². The lowest BCUT2D eigenvalue weighted by Gasteiger charge is -2.03. The maximum Gasteiger partial charge on any atom is 0.338 e. The number of nitrogens with two attached hydrogens (primary N) is 1. The molecule has 3 aromatic rings. The summed E-state index contributed by atoms with van der Waals surface area (Å²) >= 11 is 0. The fourth-order valence-corrected chi connectivity index (χ4v) is 2.22. The number of carbonyl (C=O) groups is 1. The molecule has 0 saturated carbocycles. The molecular formula is C14H13N3O2. The molecule has 3 rings (SSSR count). The van der Waals surface area contributed by atoms with Crippen molar-refractivity contribution in [1.82, 2.24) is 9.97 Å². The van der Waals surface area contributed by atoms with E-state index in [1.54, 1.807) is 19.1 Å². The molecule has 0 fully saturated rings. The Labute approximate surface area is 109 Å². The van der Waals surface area contributed by atoms with E-state index in [-0.39, 0.29) is 5.97 Å². The second-order valence-electron chi connectivity index (χ2n) is 4.21. The predicted molar refractivity (Wildman–Crippen MR) is 74.0 cm³/mol. The molecule has 0 amide bonds. The number of aromatic amines is 1. The van der Waals surface area contributed by atoms with Crippen LogP contribution in [0.5, 0.6) is 0 Å². The number of benzene rings is 1. The number of hydrogen-bond acceptors (Lipinski definition) is 4. The zero-order valence-corrected chi connectivity index (χ0v) is 10.4. The highest BCUT2D eigenvalue weighted by Gasteiger charge is 2.15. The Morgan fingerprint density at radius 1 is 1.37 bits per heavy atom. The summed E-state index contributed by atoms with van der Waals surface area (Å²) in [5, 5.41) is 1.69. The molecule has 0 aliphatic carbocycles. The number of ether oxygens (including phenoxy) is 1. The van der Waals surface area contributed by atoms with Crippen LogP contribution in [0, 0.1) is 0 Å². The number of H-pyrrole nitrogens is 1. The lowest BCUT2D eigenvalue weighted by atomic mass is 10.1. The number of carbonyl (C=O) groups excluding carboxylic acids is 1. The van der Waals surface area contributed by atoms with Gasteiger partial charge in [0.2, 0.25) is 0 Å². The smallest absolute Gasteiger partial charge is 0.338 e. The van der Waals surface area contributed by atoms with E-state index in [9.17, 15) is 4.79 Å². The van der Waals surface area contributed by atoms with Crippen molar-refractivity contribution < 1.29 is 9.53 Å². The molecule has 0 unspecified atom stereocenters. The SMILES string of the molecule is CCOC(=O)c1cccc2[nH]c3nc(N)ccc3c12. The summed E-state index contributed by atoms with van der Waals surface area (Å²) in [7, 11) is 0. The number of hydrogen-bond donors (Lipinski definition) is 2. The summed E-state index contributed by atoms with van der Waals surface area (Å²) in [5.74, 6) is 0.113. The largest absolute Gasteiger partial charge is 0.462 e. The third-order valence-electron chi connectivity index (χ3n) is 3.00. The minimum Gasteiger partial charge on any atom is -0.462 e. The molecule has 0 spiro atoms. The summed E-state index contributed by atoms with van der Waals surface area (Å²) < 4.78 is 5.08. The summed E-state index contributed by atoms with van der Waals surface area (Å²) in [6.45, 7) is 2.14. The summed E-state index contributed by atoms with van der Waals surface area (Å²) in [6, 6.07) is 9.05. The summed E-state index contributed by atoms with van der Waals surface area (Å²) in [4.78, 5) is 19.4. The first-order chi connectivity index (χ1) is 9.20. The molecule has 0 atom stereocenters. The van der Waals surface area contributed by atoms with Crippen LogP contribution in [0.3, 0.4) is 0 Å². The Morgan fingerprint density at radius 2 is 2.21 bits per heavy atom. The quantitative estimate of drug-likeness (QED) is 0.689. The van der Waals surface area contributed by atoms with Gasteiger partial charge in [-0.2, -0.15) is 0 Å². The summed E-state index contributed by atoms with van der Waals surface area (Å²) in [6.07, 6.45) is 0. The molecular weight excluding hydrogens is 242 g/mol. The third kappa shape index (κ3) is 1.79. The maximum atomic E-state index is 12.0. The zero-order chi connectivity index (χ0) is 13.4. The van der Waals surface area contributed by atoms with E-state index >= 15 is 0 Å². The van der Waals surface area contributed by atoms with Gasteiger partial charge in [0, 0.05) is 16.3 Å². The number of nitrogen functional groups attached to an aromatic ring is 1. The van der Waals surface area contributed by atoms with Gasteiger partial charge in [-0.1, -0.05) is 6.07 Å². The van der Waals surface area contributed by atoms with Crippen LogP contribution < -0.4 is 5.73 Å². The number of esters is 1. The van der Waals surface area contributed by atoms with Crippen LogP contribution in [0.1, 0.15) is 17.3 Å². The van der Waals surface area contributed by atoms with Gasteiger partial charge in [-0.25, -0.2) is 9.78 Å². The molecule has 2 aromatic heterocycles. The lowest BCUT2D eigenvalue weighted by molar-refractivity contribution is 0.0529. The Balaban J connectivity index is 2.34. The number of pyridine rings is 1. The predicted octanol–water partition coefficient (Wildman–Crippen LogP) is 2.48. The lowest BCUT2D eigenvalue weighted by Crippen LogP contribution is -2.04. The molecule has 2 heterocycles. The van der Waals surface area contributed by atoms with E-state index in [2.05, 4.69) is 9.97 Å². The standard InChI is InChI=1S/C14H13N3O2/c1-2-19-14(18)9-4-3-5-10-12(9)8-6-7-11(15)17-13(8)16-10/h3-7H,2H2,1H3,(H3,15,16,17). The third-order valence-corrected chi connectivity index (χ3v) is 3.00. The van der Waals surface area contributed by atoms with E-state index < -0.39 is 0 Å². The normalized spacial score (nSPS) is 11.0. The van der Waals surface area contributed by atoms with Gasteiger partial charge in [-0.15, -0.1) is 0 Å². The van der Waals surface area contributed by atoms with Gasteiger partial charge in [-0.05, 0) is 31.2 Å². The fraction of sp³-hybridized carbons (Fsp3) is 0.143. The van der Waals surface area contributed by atoms with E-state index in [4.69, 9.17) is 10.5 Å². The van der Waals surface area contributed by atoms with Gasteiger partial charge in [0.25, 0.3) is 0 Å². The highest BCUT2D eigenvalue weighted by molar-refractivity contribution is 6.15. The average Bonchev–Trinajstić information content (AvgIpc) is 2.75. The number of anilines is 1. The molecule has 19 heavy (non-hydrogen) atoms. The van der Waals surface area contributed by atoms with E-state index in [1.165, 1.54) is 0 Å². The first-order valence-corrected chi connectivity index (χ1v) is 6.04. The monoisotopic (exact) mass is 255 g/mol. The number of rotatable bonds is 2. The van der Waals surface area contributed by atoms with Crippen LogP contribution >= 0.6 is 0 Å². The molecule has 0 aliphatic heterocycles. The molecule has 0 saturated heterocycles. The van der Waals surface area contributed by atoms with Gasteiger partial charge >= 0.3 is 5.97 Å². The zero-order valence-electron chi connectivity index (χ0n) is 10.4. The topological polar surface area (TPSA) is 81.0 Å². The van der Waals surface area contributed by atoms with Gasteiger partial charge in [-0.3, -0.25) is 0 Å². The Bertz CT molecular complexity index is 777. The molecule has 5 heteroatoms. The molecule has 0 radical (unpaired) electrons. The Hall–Kier alpha value is -2.56. The average molecular weight is 255 g/mol. The fourth-order valence-electron chi connectivity index (χ4n) is 2.22. The minimum absolute atomic E-state index is 0.328. The summed E-state index contributed by atoms with van der Waals surface area (Å²) in [5.41, 5.74) is 7.73. The molecule has 0 bridgehead atoms. The first-order valence-electron chi connectivity index (χ1n) is 6.04. The molecule has 0 aliphatic rings. The van der Waals surface area contributed by atoms with Crippen molar-refractivity contribution in [3.63, 3.8) is 0 Å². The van der Waals surface area contributed by atoms with Gasteiger partial charge < -0.3 is 15.5 Å². The molecule has 3 N–H and O–H groups in total. The van der Waals surface area contributed by atoms with Crippen molar-refractivity contribution in [3.05, 3.63) is 35.9 Å². The number of nitrogens with zero attached hydrogens (tertiary/aromatic N) is 1. The molecule has 96 valence electrons. The second kappa shape index (κ2) is 4.28. The van der Waals surface area contributed by atoms with Crippen molar-refractivity contribution in [2.24, 2.45) is 0 Å². The van der Waals surface area contributed by atoms with Crippen molar-refractivity contribution >= 4 is 33.7 Å². The highest BCUT2D eigenvalue weighted by Crippen LogP contribution is 2.28. The van der Waals surface area contributed by atoms with Crippen molar-refractivity contribution in [1.29, 1.82) is 0 Å². The minimum atomic E-state index is -0.328. The van der Waals surface area contributed by atoms with Gasteiger partial charge in [0.05, 0.1) is 12.2 Å². The van der Waals surface area contributed by atoms with Crippen LogP contribution in [-0.2, 0) is 4.74 Å². The first kappa shape index (κ1) is 11.5. The van der Waals surface area contributed by atoms with Crippen LogP contribution in [-0.4, -0.2) is 22.5 Å². The van der Waals surface area contributed by atoms with Crippen molar-refractivity contribution in [3.8, 4) is 0 Å².